The zero-order valence-corrected chi connectivity index (χ0v) is 8.29. The lowest BCUT2D eigenvalue weighted by Crippen LogP contribution is -1.96. The fraction of sp³-hybridized carbons (Fsp3) is 0.444. The van der Waals surface area contributed by atoms with Crippen LogP contribution in [0.2, 0.25) is 0 Å². The molecule has 13 heavy (non-hydrogen) atoms. The Labute approximate surface area is 76.6 Å². The molecule has 0 fully saturated rings. The molecule has 0 aliphatic carbocycles. The minimum absolute atomic E-state index is 0.862. The lowest BCUT2D eigenvalue weighted by atomic mass is 10.3. The molecule has 0 unspecified atom stereocenters. The molecule has 4 nitrogen and oxygen atoms in total. The fourth-order valence-corrected chi connectivity index (χ4v) is 1.38. The molecule has 2 heterocycles. The molecule has 0 aliphatic rings. The van der Waals surface area contributed by atoms with Gasteiger partial charge in [0, 0.05) is 7.05 Å². The Morgan fingerprint density at radius 3 is 2.23 bits per heavy atom. The number of aryl methyl sites for hydroxylation is 4. The summed E-state index contributed by atoms with van der Waals surface area (Å²) >= 11 is 0. The topological polar surface area (TPSA) is 43.6 Å². The largest absolute Gasteiger partial charge is 0.249 e. The van der Waals surface area contributed by atoms with Crippen molar-refractivity contribution in [2.24, 2.45) is 7.05 Å². The maximum Gasteiger partial charge on any atom is 0.177 e. The van der Waals surface area contributed by atoms with E-state index in [-0.39, 0.29) is 0 Å². The van der Waals surface area contributed by atoms with E-state index in [1.165, 1.54) is 0 Å². The Hall–Kier alpha value is -1.45. The summed E-state index contributed by atoms with van der Waals surface area (Å²) in [6.07, 6.45) is 0. The second-order valence-corrected chi connectivity index (χ2v) is 3.28. The molecule has 0 N–H and O–H groups in total. The highest BCUT2D eigenvalue weighted by Crippen LogP contribution is 2.14. The van der Waals surface area contributed by atoms with Crippen molar-refractivity contribution < 1.29 is 0 Å². The summed E-state index contributed by atoms with van der Waals surface area (Å²) in [5, 5.41) is 4.26. The highest BCUT2D eigenvalue weighted by Gasteiger charge is 2.08. The molecule has 0 saturated heterocycles. The fourth-order valence-electron chi connectivity index (χ4n) is 1.38. The smallest absolute Gasteiger partial charge is 0.177 e. The van der Waals surface area contributed by atoms with Gasteiger partial charge >= 0.3 is 0 Å². The summed E-state index contributed by atoms with van der Waals surface area (Å²) in [5.74, 6) is 0. The van der Waals surface area contributed by atoms with Gasteiger partial charge in [0.1, 0.15) is 5.52 Å². The van der Waals surface area contributed by atoms with Crippen molar-refractivity contribution in [3.8, 4) is 0 Å². The highest BCUT2D eigenvalue weighted by atomic mass is 15.3. The average molecular weight is 176 g/mol. The maximum absolute atomic E-state index is 4.45. The van der Waals surface area contributed by atoms with Gasteiger partial charge < -0.3 is 0 Å². The molecule has 2 aromatic rings. The zero-order chi connectivity index (χ0) is 9.59. The minimum Gasteiger partial charge on any atom is -0.249 e. The van der Waals surface area contributed by atoms with E-state index >= 15 is 0 Å². The van der Waals surface area contributed by atoms with Crippen LogP contribution in [0.15, 0.2) is 0 Å². The number of aromatic nitrogens is 4. The molecule has 2 aromatic heterocycles. The predicted molar refractivity (Wildman–Crippen MR) is 50.5 cm³/mol. The van der Waals surface area contributed by atoms with Crippen LogP contribution in [0, 0.1) is 20.8 Å². The first kappa shape index (κ1) is 8.16. The van der Waals surface area contributed by atoms with Crippen molar-refractivity contribution in [3.05, 3.63) is 17.1 Å². The van der Waals surface area contributed by atoms with Crippen molar-refractivity contribution in [1.82, 2.24) is 19.7 Å². The normalized spacial score (nSPS) is 11.1. The second-order valence-electron chi connectivity index (χ2n) is 3.28. The molecule has 4 heteroatoms. The van der Waals surface area contributed by atoms with Gasteiger partial charge in [-0.25, -0.2) is 14.6 Å². The van der Waals surface area contributed by atoms with Gasteiger partial charge in [0.15, 0.2) is 5.65 Å². The van der Waals surface area contributed by atoms with Crippen LogP contribution in [0.5, 0.6) is 0 Å². The van der Waals surface area contributed by atoms with Gasteiger partial charge in [0.2, 0.25) is 0 Å². The van der Waals surface area contributed by atoms with Crippen LogP contribution in [0.1, 0.15) is 17.1 Å². The van der Waals surface area contributed by atoms with E-state index in [1.54, 1.807) is 4.68 Å². The highest BCUT2D eigenvalue weighted by molar-refractivity contribution is 5.73. The first-order valence-corrected chi connectivity index (χ1v) is 4.24. The molecule has 0 spiro atoms. The lowest BCUT2D eigenvalue weighted by Gasteiger charge is -1.98. The van der Waals surface area contributed by atoms with Gasteiger partial charge in [-0.2, -0.15) is 5.10 Å². The van der Waals surface area contributed by atoms with Crippen molar-refractivity contribution in [3.63, 3.8) is 0 Å². The summed E-state index contributed by atoms with van der Waals surface area (Å²) in [6, 6.07) is 0. The maximum atomic E-state index is 4.45. The molecule has 2 rings (SSSR count). The van der Waals surface area contributed by atoms with E-state index < -0.39 is 0 Å². The zero-order valence-electron chi connectivity index (χ0n) is 8.29. The second kappa shape index (κ2) is 2.52. The standard InChI is InChI=1S/C9H12N4/c1-5-6(2)11-9-8(10-5)7(3)12-13(9)4/h1-4H3. The van der Waals surface area contributed by atoms with Gasteiger partial charge in [-0.1, -0.05) is 0 Å². The number of hydrogen-bond donors (Lipinski definition) is 0. The number of nitrogens with zero attached hydrogens (tertiary/aromatic N) is 4. The molecule has 0 amide bonds. The monoisotopic (exact) mass is 176 g/mol. The van der Waals surface area contributed by atoms with Gasteiger partial charge in [-0.15, -0.1) is 0 Å². The molecule has 0 radical (unpaired) electrons. The van der Waals surface area contributed by atoms with E-state index in [9.17, 15) is 0 Å². The van der Waals surface area contributed by atoms with Gasteiger partial charge in [0.25, 0.3) is 0 Å². The lowest BCUT2D eigenvalue weighted by molar-refractivity contribution is 0.772. The average Bonchev–Trinajstić information content (AvgIpc) is 2.31. The Balaban J connectivity index is 2.91. The summed E-state index contributed by atoms with van der Waals surface area (Å²) in [4.78, 5) is 8.88. The molecular weight excluding hydrogens is 164 g/mol. The van der Waals surface area contributed by atoms with Gasteiger partial charge in [-0.3, -0.25) is 0 Å². The van der Waals surface area contributed by atoms with Crippen LogP contribution >= 0.6 is 0 Å². The first-order valence-electron chi connectivity index (χ1n) is 4.24. The molecule has 68 valence electrons. The molecule has 0 atom stereocenters. The molecule has 0 saturated carbocycles. The van der Waals surface area contributed by atoms with E-state index in [0.717, 1.165) is 28.2 Å². The Morgan fingerprint density at radius 1 is 0.923 bits per heavy atom. The summed E-state index contributed by atoms with van der Waals surface area (Å²) < 4.78 is 1.77. The van der Waals surface area contributed by atoms with Crippen LogP contribution in [0.25, 0.3) is 11.2 Å². The van der Waals surface area contributed by atoms with Crippen molar-refractivity contribution in [1.29, 1.82) is 0 Å². The van der Waals surface area contributed by atoms with Crippen molar-refractivity contribution in [2.45, 2.75) is 20.8 Å². The van der Waals surface area contributed by atoms with Crippen LogP contribution in [-0.2, 0) is 7.05 Å². The Morgan fingerprint density at radius 2 is 1.54 bits per heavy atom. The number of hydrogen-bond acceptors (Lipinski definition) is 3. The number of fused-ring (bicyclic) bond motifs is 1. The van der Waals surface area contributed by atoms with Crippen LogP contribution in [0.3, 0.4) is 0 Å². The quantitative estimate of drug-likeness (QED) is 0.607. The predicted octanol–water partition coefficient (Wildman–Crippen LogP) is 1.29. The third kappa shape index (κ3) is 1.09. The van der Waals surface area contributed by atoms with Crippen LogP contribution < -0.4 is 0 Å². The summed E-state index contributed by atoms with van der Waals surface area (Å²) in [6.45, 7) is 5.88. The molecular formula is C9H12N4. The molecule has 0 aromatic carbocycles. The third-order valence-corrected chi connectivity index (χ3v) is 2.24. The van der Waals surface area contributed by atoms with E-state index in [1.807, 2.05) is 27.8 Å². The number of rotatable bonds is 0. The van der Waals surface area contributed by atoms with E-state index in [2.05, 4.69) is 15.1 Å². The van der Waals surface area contributed by atoms with Crippen molar-refractivity contribution >= 4 is 11.2 Å². The summed E-state index contributed by atoms with van der Waals surface area (Å²) in [7, 11) is 1.89. The molecule has 0 aliphatic heterocycles. The summed E-state index contributed by atoms with van der Waals surface area (Å²) in [5.41, 5.74) is 4.65. The molecule has 0 bridgehead atoms. The SMILES string of the molecule is Cc1nc2c(C)nn(C)c2nc1C. The van der Waals surface area contributed by atoms with Crippen molar-refractivity contribution in [2.75, 3.05) is 0 Å². The third-order valence-electron chi connectivity index (χ3n) is 2.24. The minimum atomic E-state index is 0.862. The first-order chi connectivity index (χ1) is 6.09. The van der Waals surface area contributed by atoms with E-state index in [0.29, 0.717) is 0 Å². The Kier molecular flexibility index (Phi) is 1.58. The van der Waals surface area contributed by atoms with Crippen LogP contribution in [-0.4, -0.2) is 19.7 Å². The Bertz CT molecular complexity index is 428. The van der Waals surface area contributed by atoms with E-state index in [4.69, 9.17) is 0 Å². The van der Waals surface area contributed by atoms with Crippen LogP contribution in [0.4, 0.5) is 0 Å². The van der Waals surface area contributed by atoms with Gasteiger partial charge in [0.05, 0.1) is 17.1 Å². The van der Waals surface area contributed by atoms with Gasteiger partial charge in [-0.05, 0) is 20.8 Å².